The SMILES string of the molecule is Cc1c(NC(=O)Cc2ccc(-n3nnnc3C)cc2)cnn1C. The molecule has 1 amide bonds. The van der Waals surface area contributed by atoms with E-state index < -0.39 is 0 Å². The van der Waals surface area contributed by atoms with Crippen LogP contribution in [0.4, 0.5) is 5.69 Å². The molecule has 0 atom stereocenters. The Labute approximate surface area is 133 Å². The van der Waals surface area contributed by atoms with Crippen molar-refractivity contribution in [3.63, 3.8) is 0 Å². The van der Waals surface area contributed by atoms with Gasteiger partial charge in [-0.25, -0.2) is 0 Å². The van der Waals surface area contributed by atoms with Gasteiger partial charge in [-0.2, -0.15) is 9.78 Å². The van der Waals surface area contributed by atoms with Crippen molar-refractivity contribution in [3.05, 3.63) is 47.5 Å². The molecule has 0 bridgehead atoms. The molecule has 1 aromatic carbocycles. The van der Waals surface area contributed by atoms with Gasteiger partial charge in [0.2, 0.25) is 5.91 Å². The molecule has 0 spiro atoms. The zero-order valence-electron chi connectivity index (χ0n) is 13.2. The minimum Gasteiger partial charge on any atom is -0.323 e. The summed E-state index contributed by atoms with van der Waals surface area (Å²) in [5.74, 6) is 0.634. The van der Waals surface area contributed by atoms with Crippen molar-refractivity contribution in [1.29, 1.82) is 0 Å². The fourth-order valence-electron chi connectivity index (χ4n) is 2.23. The summed E-state index contributed by atoms with van der Waals surface area (Å²) < 4.78 is 3.36. The molecule has 0 aliphatic rings. The Morgan fingerprint density at radius 3 is 2.52 bits per heavy atom. The lowest BCUT2D eigenvalue weighted by Crippen LogP contribution is -2.15. The van der Waals surface area contributed by atoms with Crippen LogP contribution in [0.3, 0.4) is 0 Å². The van der Waals surface area contributed by atoms with E-state index in [1.807, 2.05) is 45.2 Å². The largest absolute Gasteiger partial charge is 0.323 e. The topological polar surface area (TPSA) is 90.5 Å². The molecule has 0 radical (unpaired) electrons. The van der Waals surface area contributed by atoms with E-state index in [1.54, 1.807) is 15.6 Å². The number of nitrogens with zero attached hydrogens (tertiary/aromatic N) is 6. The Morgan fingerprint density at radius 1 is 1.22 bits per heavy atom. The molecule has 2 heterocycles. The van der Waals surface area contributed by atoms with E-state index in [1.165, 1.54) is 0 Å². The molecular formula is C15H17N7O. The molecule has 2 aromatic heterocycles. The first-order chi connectivity index (χ1) is 11.0. The predicted octanol–water partition coefficient (Wildman–Crippen LogP) is 1.19. The van der Waals surface area contributed by atoms with E-state index >= 15 is 0 Å². The number of amides is 1. The highest BCUT2D eigenvalue weighted by atomic mass is 16.1. The van der Waals surface area contributed by atoms with Crippen LogP contribution in [0, 0.1) is 13.8 Å². The normalized spacial score (nSPS) is 10.7. The first kappa shape index (κ1) is 14.9. The average Bonchev–Trinajstić information content (AvgIpc) is 3.09. The zero-order chi connectivity index (χ0) is 16.4. The number of benzene rings is 1. The van der Waals surface area contributed by atoms with Crippen LogP contribution in [0.2, 0.25) is 0 Å². The van der Waals surface area contributed by atoms with Gasteiger partial charge >= 0.3 is 0 Å². The highest BCUT2D eigenvalue weighted by molar-refractivity contribution is 5.92. The summed E-state index contributed by atoms with van der Waals surface area (Å²) in [5.41, 5.74) is 3.43. The first-order valence-electron chi connectivity index (χ1n) is 7.17. The van der Waals surface area contributed by atoms with Crippen molar-refractivity contribution in [2.45, 2.75) is 20.3 Å². The molecule has 1 N–H and O–H groups in total. The lowest BCUT2D eigenvalue weighted by Gasteiger charge is -2.06. The Bertz CT molecular complexity index is 832. The summed E-state index contributed by atoms with van der Waals surface area (Å²) in [6.45, 7) is 3.74. The van der Waals surface area contributed by atoms with Gasteiger partial charge in [0, 0.05) is 7.05 Å². The lowest BCUT2D eigenvalue weighted by atomic mass is 10.1. The van der Waals surface area contributed by atoms with Crippen LogP contribution in [0.1, 0.15) is 17.1 Å². The summed E-state index contributed by atoms with van der Waals surface area (Å²) in [5, 5.41) is 18.4. The van der Waals surface area contributed by atoms with Crippen LogP contribution in [0.25, 0.3) is 5.69 Å². The number of nitrogens with one attached hydrogen (secondary N) is 1. The summed E-state index contributed by atoms with van der Waals surface area (Å²) in [6.07, 6.45) is 1.94. The molecule has 3 aromatic rings. The third kappa shape index (κ3) is 3.10. The number of aromatic nitrogens is 6. The van der Waals surface area contributed by atoms with Crippen LogP contribution in [0.15, 0.2) is 30.5 Å². The lowest BCUT2D eigenvalue weighted by molar-refractivity contribution is -0.115. The van der Waals surface area contributed by atoms with E-state index in [4.69, 9.17) is 0 Å². The molecule has 23 heavy (non-hydrogen) atoms. The predicted molar refractivity (Wildman–Crippen MR) is 84.2 cm³/mol. The van der Waals surface area contributed by atoms with Crippen molar-refractivity contribution in [1.82, 2.24) is 30.0 Å². The minimum atomic E-state index is -0.0764. The van der Waals surface area contributed by atoms with E-state index in [2.05, 4.69) is 25.9 Å². The number of anilines is 1. The van der Waals surface area contributed by atoms with Crippen molar-refractivity contribution < 1.29 is 4.79 Å². The maximum Gasteiger partial charge on any atom is 0.228 e. The van der Waals surface area contributed by atoms with E-state index in [9.17, 15) is 4.79 Å². The molecule has 8 nitrogen and oxygen atoms in total. The summed E-state index contributed by atoms with van der Waals surface area (Å²) in [7, 11) is 1.84. The summed E-state index contributed by atoms with van der Waals surface area (Å²) in [4.78, 5) is 12.1. The van der Waals surface area contributed by atoms with Gasteiger partial charge in [-0.1, -0.05) is 12.1 Å². The molecule has 0 saturated heterocycles. The quantitative estimate of drug-likeness (QED) is 0.781. The van der Waals surface area contributed by atoms with Crippen molar-refractivity contribution in [3.8, 4) is 5.69 Å². The van der Waals surface area contributed by atoms with E-state index in [-0.39, 0.29) is 5.91 Å². The number of tetrazole rings is 1. The Balaban J connectivity index is 1.67. The Kier molecular flexibility index (Phi) is 3.88. The number of hydrogen-bond donors (Lipinski definition) is 1. The van der Waals surface area contributed by atoms with Crippen LogP contribution in [0.5, 0.6) is 0 Å². The number of aryl methyl sites for hydroxylation is 2. The van der Waals surface area contributed by atoms with Gasteiger partial charge in [-0.15, -0.1) is 5.10 Å². The van der Waals surface area contributed by atoms with Gasteiger partial charge in [0.15, 0.2) is 5.82 Å². The van der Waals surface area contributed by atoms with Gasteiger partial charge in [-0.3, -0.25) is 9.48 Å². The van der Waals surface area contributed by atoms with Gasteiger partial charge in [0.1, 0.15) is 0 Å². The number of hydrogen-bond acceptors (Lipinski definition) is 5. The highest BCUT2D eigenvalue weighted by Gasteiger charge is 2.09. The van der Waals surface area contributed by atoms with E-state index in [0.29, 0.717) is 12.2 Å². The second-order valence-corrected chi connectivity index (χ2v) is 5.30. The van der Waals surface area contributed by atoms with Crippen LogP contribution < -0.4 is 5.32 Å². The highest BCUT2D eigenvalue weighted by Crippen LogP contribution is 2.14. The van der Waals surface area contributed by atoms with Gasteiger partial charge in [0.05, 0.1) is 29.7 Å². The molecule has 3 rings (SSSR count). The van der Waals surface area contributed by atoms with Gasteiger partial charge in [-0.05, 0) is 42.0 Å². The molecule has 0 fully saturated rings. The molecule has 118 valence electrons. The van der Waals surface area contributed by atoms with Crippen LogP contribution in [-0.4, -0.2) is 35.9 Å². The smallest absolute Gasteiger partial charge is 0.228 e. The monoisotopic (exact) mass is 311 g/mol. The Hall–Kier alpha value is -3.03. The molecule has 0 aliphatic heterocycles. The second-order valence-electron chi connectivity index (χ2n) is 5.30. The summed E-state index contributed by atoms with van der Waals surface area (Å²) in [6, 6.07) is 7.57. The fourth-order valence-corrected chi connectivity index (χ4v) is 2.23. The Morgan fingerprint density at radius 2 is 1.96 bits per heavy atom. The van der Waals surface area contributed by atoms with Crippen molar-refractivity contribution in [2.24, 2.45) is 7.05 Å². The summed E-state index contributed by atoms with van der Waals surface area (Å²) >= 11 is 0. The fraction of sp³-hybridized carbons (Fsp3) is 0.267. The molecular weight excluding hydrogens is 294 g/mol. The molecule has 0 saturated carbocycles. The molecule has 0 aliphatic carbocycles. The number of carbonyl (C=O) groups is 1. The van der Waals surface area contributed by atoms with Crippen molar-refractivity contribution >= 4 is 11.6 Å². The average molecular weight is 311 g/mol. The third-order valence-electron chi connectivity index (χ3n) is 3.68. The van der Waals surface area contributed by atoms with Gasteiger partial charge < -0.3 is 5.32 Å². The zero-order valence-corrected chi connectivity index (χ0v) is 13.2. The second kappa shape index (κ2) is 5.99. The van der Waals surface area contributed by atoms with Crippen LogP contribution >= 0.6 is 0 Å². The molecule has 0 unspecified atom stereocenters. The maximum absolute atomic E-state index is 12.1. The maximum atomic E-state index is 12.1. The first-order valence-corrected chi connectivity index (χ1v) is 7.17. The van der Waals surface area contributed by atoms with Crippen molar-refractivity contribution in [2.75, 3.05) is 5.32 Å². The van der Waals surface area contributed by atoms with Gasteiger partial charge in [0.25, 0.3) is 0 Å². The third-order valence-corrected chi connectivity index (χ3v) is 3.68. The standard InChI is InChI=1S/C15H17N7O/c1-10-14(9-16-21(10)3)17-15(23)8-12-4-6-13(7-5-12)22-11(2)18-19-20-22/h4-7,9H,8H2,1-3H3,(H,17,23). The number of rotatable bonds is 4. The van der Waals surface area contributed by atoms with E-state index in [0.717, 1.165) is 22.6 Å². The molecule has 8 heteroatoms. The van der Waals surface area contributed by atoms with Crippen LogP contribution in [-0.2, 0) is 18.3 Å². The minimum absolute atomic E-state index is 0.0764. The number of carbonyl (C=O) groups excluding carboxylic acids is 1.